The third kappa shape index (κ3) is 10.6. The van der Waals surface area contributed by atoms with Gasteiger partial charge >= 0.3 is 21.1 Å². The average Bonchev–Trinajstić information content (AvgIpc) is 1.96. The molecule has 0 aliphatic carbocycles. The van der Waals surface area contributed by atoms with Gasteiger partial charge in [0, 0.05) is 0 Å². The highest BCUT2D eigenvalue weighted by atomic mass is 127. The molecule has 0 radical (unpaired) electrons. The average molecular weight is 274 g/mol. The van der Waals surface area contributed by atoms with Crippen molar-refractivity contribution in [2.75, 3.05) is 6.61 Å². The Kier molecular flexibility index (Phi) is 9.19. The van der Waals surface area contributed by atoms with Crippen molar-refractivity contribution in [3.8, 4) is 0 Å². The van der Waals surface area contributed by atoms with Crippen LogP contribution in [0.5, 0.6) is 0 Å². The normalized spacial score (nSPS) is 10.9. The smallest absolute Gasteiger partial charge is 0.396 e. The molecule has 0 rings (SSSR count). The van der Waals surface area contributed by atoms with Crippen LogP contribution in [0.2, 0.25) is 0 Å². The summed E-state index contributed by atoms with van der Waals surface area (Å²) in [4.78, 5) is 0. The first kappa shape index (κ1) is 11.6. The maximum atomic E-state index is 9.99. The molecule has 4 heteroatoms. The molecule has 0 atom stereocenters. The molecule has 0 unspecified atom stereocenters. The van der Waals surface area contributed by atoms with Gasteiger partial charge in [-0.15, -0.1) is 0 Å². The zero-order valence-corrected chi connectivity index (χ0v) is 9.00. The molecule has 68 valence electrons. The molecule has 0 aromatic heterocycles. The Bertz CT molecular complexity index is 78.1. The SMILES string of the molecule is CCCCCCCO[I+2]([O-])[O-]. The van der Waals surface area contributed by atoms with Crippen LogP contribution in [0.3, 0.4) is 0 Å². The van der Waals surface area contributed by atoms with Gasteiger partial charge in [-0.05, 0) is 9.49 Å². The maximum absolute atomic E-state index is 9.99. The van der Waals surface area contributed by atoms with Gasteiger partial charge in [-0.25, -0.2) is 0 Å². The highest BCUT2D eigenvalue weighted by Crippen LogP contribution is 2.00. The monoisotopic (exact) mass is 274 g/mol. The molecule has 0 aliphatic rings. The number of unbranched alkanes of at least 4 members (excludes halogenated alkanes) is 4. The lowest BCUT2D eigenvalue weighted by atomic mass is 10.2. The molecule has 0 aromatic rings. The molecule has 0 fully saturated rings. The summed E-state index contributed by atoms with van der Waals surface area (Å²) in [7, 11) is 0. The van der Waals surface area contributed by atoms with Gasteiger partial charge in [-0.1, -0.05) is 32.6 Å². The van der Waals surface area contributed by atoms with E-state index in [0.717, 1.165) is 12.8 Å². The quantitative estimate of drug-likeness (QED) is 0.369. The first-order valence-corrected chi connectivity index (χ1v) is 6.60. The molecule has 0 saturated heterocycles. The predicted molar refractivity (Wildman–Crippen MR) is 34.7 cm³/mol. The van der Waals surface area contributed by atoms with E-state index in [0.29, 0.717) is 6.61 Å². The van der Waals surface area contributed by atoms with Crippen molar-refractivity contribution in [3.63, 3.8) is 0 Å². The van der Waals surface area contributed by atoms with Crippen LogP contribution in [-0.2, 0) is 3.07 Å². The van der Waals surface area contributed by atoms with Gasteiger partial charge in [0.25, 0.3) is 0 Å². The summed E-state index contributed by atoms with van der Waals surface area (Å²) in [5.41, 5.74) is 0. The molecule has 0 aromatic carbocycles. The summed E-state index contributed by atoms with van der Waals surface area (Å²) in [6.45, 7) is 2.54. The second-order valence-electron chi connectivity index (χ2n) is 2.42. The fourth-order valence-corrected chi connectivity index (χ4v) is 1.49. The van der Waals surface area contributed by atoms with E-state index in [9.17, 15) is 6.87 Å². The van der Waals surface area contributed by atoms with E-state index in [1.807, 2.05) is 0 Å². The van der Waals surface area contributed by atoms with Gasteiger partial charge in [0.1, 0.15) is 6.61 Å². The third-order valence-corrected chi connectivity index (χ3v) is 2.36. The van der Waals surface area contributed by atoms with E-state index in [-0.39, 0.29) is 0 Å². The summed E-state index contributed by atoms with van der Waals surface area (Å²) in [6.07, 6.45) is 5.58. The molecule has 0 spiro atoms. The van der Waals surface area contributed by atoms with Crippen molar-refractivity contribution < 1.29 is 31.0 Å². The third-order valence-electron chi connectivity index (χ3n) is 1.41. The largest absolute Gasteiger partial charge is 0.506 e. The fraction of sp³-hybridized carbons (Fsp3) is 1.00. The van der Waals surface area contributed by atoms with Gasteiger partial charge in [0.05, 0.1) is 0 Å². The Hall–Kier alpha value is 0.610. The zero-order chi connectivity index (χ0) is 8.53. The number of hydrogen-bond donors (Lipinski definition) is 0. The van der Waals surface area contributed by atoms with Crippen molar-refractivity contribution in [2.24, 2.45) is 0 Å². The van der Waals surface area contributed by atoms with E-state index in [2.05, 4.69) is 9.99 Å². The Morgan fingerprint density at radius 3 is 2.27 bits per heavy atom. The van der Waals surface area contributed by atoms with Crippen molar-refractivity contribution in [1.82, 2.24) is 0 Å². The van der Waals surface area contributed by atoms with Gasteiger partial charge in [-0.3, -0.25) is 0 Å². The fourth-order valence-electron chi connectivity index (χ4n) is 0.823. The van der Waals surface area contributed by atoms with Crippen molar-refractivity contribution in [3.05, 3.63) is 0 Å². The minimum atomic E-state index is -3.37. The lowest BCUT2D eigenvalue weighted by molar-refractivity contribution is -1.63. The molecule has 0 bridgehead atoms. The lowest BCUT2D eigenvalue weighted by Crippen LogP contribution is -3.99. The van der Waals surface area contributed by atoms with Crippen molar-refractivity contribution in [2.45, 2.75) is 39.0 Å². The summed E-state index contributed by atoms with van der Waals surface area (Å²) in [6, 6.07) is 0. The molecule has 0 N–H and O–H groups in total. The second-order valence-corrected chi connectivity index (χ2v) is 4.12. The predicted octanol–water partition coefficient (Wildman–Crippen LogP) is -2.94. The highest BCUT2D eigenvalue weighted by Gasteiger charge is 2.09. The highest BCUT2D eigenvalue weighted by molar-refractivity contribution is 4.39. The van der Waals surface area contributed by atoms with Crippen molar-refractivity contribution in [1.29, 1.82) is 0 Å². The van der Waals surface area contributed by atoms with E-state index in [1.165, 1.54) is 19.3 Å². The summed E-state index contributed by atoms with van der Waals surface area (Å²) >= 11 is -3.37. The Labute approximate surface area is 76.8 Å². The minimum absolute atomic E-state index is 0.390. The minimum Gasteiger partial charge on any atom is -0.396 e. The zero-order valence-electron chi connectivity index (χ0n) is 6.85. The van der Waals surface area contributed by atoms with Crippen LogP contribution in [0.15, 0.2) is 0 Å². The van der Waals surface area contributed by atoms with Gasteiger partial charge in [0.15, 0.2) is 0 Å². The van der Waals surface area contributed by atoms with E-state index in [1.54, 1.807) is 0 Å². The first-order valence-electron chi connectivity index (χ1n) is 3.96. The van der Waals surface area contributed by atoms with Gasteiger partial charge in [0.2, 0.25) is 0 Å². The Morgan fingerprint density at radius 1 is 1.09 bits per heavy atom. The first-order chi connectivity index (χ1) is 5.27. The molecule has 0 aliphatic heterocycles. The number of halogens is 1. The van der Waals surface area contributed by atoms with Gasteiger partial charge in [-0.2, -0.15) is 0 Å². The van der Waals surface area contributed by atoms with E-state index >= 15 is 0 Å². The molecule has 0 amide bonds. The van der Waals surface area contributed by atoms with Crippen LogP contribution < -0.4 is 27.9 Å². The van der Waals surface area contributed by atoms with Crippen LogP contribution >= 0.6 is 0 Å². The number of hydrogen-bond acceptors (Lipinski definition) is 3. The topological polar surface area (TPSA) is 55.3 Å². The van der Waals surface area contributed by atoms with Gasteiger partial charge < -0.3 is 6.87 Å². The van der Waals surface area contributed by atoms with Crippen LogP contribution in [-0.4, -0.2) is 6.61 Å². The standard InChI is InChI=1S/C7H15IO3/c1-2-3-4-5-6-7-11-8(9)10/h2-7H2,1H3. The summed E-state index contributed by atoms with van der Waals surface area (Å²) in [5.74, 6) is 0. The van der Waals surface area contributed by atoms with Crippen LogP contribution in [0.4, 0.5) is 0 Å². The van der Waals surface area contributed by atoms with Crippen LogP contribution in [0.1, 0.15) is 39.0 Å². The Morgan fingerprint density at radius 2 is 1.73 bits per heavy atom. The molecule has 0 heterocycles. The van der Waals surface area contributed by atoms with E-state index < -0.39 is 21.1 Å². The molecular weight excluding hydrogens is 259 g/mol. The molecule has 11 heavy (non-hydrogen) atoms. The molecule has 0 saturated carbocycles. The molecular formula is C7H15IO3. The lowest BCUT2D eigenvalue weighted by Gasteiger charge is -1.95. The summed E-state index contributed by atoms with van der Waals surface area (Å²) in [5, 5.41) is 0. The molecule has 3 nitrogen and oxygen atoms in total. The number of rotatable bonds is 7. The second kappa shape index (κ2) is 8.70. The maximum Gasteiger partial charge on any atom is 0.506 e. The van der Waals surface area contributed by atoms with Crippen LogP contribution in [0.25, 0.3) is 0 Å². The summed E-state index contributed by atoms with van der Waals surface area (Å²) < 4.78 is 24.5. The van der Waals surface area contributed by atoms with Crippen LogP contribution in [0, 0.1) is 0 Å². The Balaban J connectivity index is 2.80. The van der Waals surface area contributed by atoms with E-state index in [4.69, 9.17) is 0 Å². The van der Waals surface area contributed by atoms with Crippen molar-refractivity contribution >= 4 is 0 Å².